The number of rotatable bonds is 11. The number of carboxylic acid groups (broad SMARTS) is 1. The number of carbonyl (C=O) groups is 4. The molecule has 2 aliphatic heterocycles. The topological polar surface area (TPSA) is 146 Å². The van der Waals surface area contributed by atoms with Crippen molar-refractivity contribution in [2.24, 2.45) is 11.8 Å². The number of carboxylic acids is 1. The minimum atomic E-state index is -1.32. The van der Waals surface area contributed by atoms with Gasteiger partial charge in [-0.05, 0) is 51.1 Å². The van der Waals surface area contributed by atoms with Crippen molar-refractivity contribution in [2.75, 3.05) is 53.0 Å². The minimum absolute atomic E-state index is 0.00932. The van der Waals surface area contributed by atoms with E-state index in [0.29, 0.717) is 31.8 Å². The number of nitrogens with zero attached hydrogens (tertiary/aromatic N) is 1. The summed E-state index contributed by atoms with van der Waals surface area (Å²) in [6, 6.07) is -1.32. The summed E-state index contributed by atoms with van der Waals surface area (Å²) >= 11 is 0. The van der Waals surface area contributed by atoms with Gasteiger partial charge in [0.05, 0.1) is 12.5 Å². The number of amides is 3. The summed E-state index contributed by atoms with van der Waals surface area (Å²) in [4.78, 5) is 50.0. The molecule has 2 rings (SSSR count). The summed E-state index contributed by atoms with van der Waals surface area (Å²) < 4.78 is 9.55. The molecule has 0 aliphatic carbocycles. The Bertz CT molecular complexity index is 640. The molecule has 11 nitrogen and oxygen atoms in total. The minimum Gasteiger partial charge on any atom is -0.480 e. The van der Waals surface area contributed by atoms with E-state index in [1.165, 1.54) is 7.11 Å². The van der Waals surface area contributed by atoms with Crippen LogP contribution in [-0.4, -0.2) is 93.0 Å². The van der Waals surface area contributed by atoms with Crippen molar-refractivity contribution in [1.29, 1.82) is 0 Å². The second-order valence-corrected chi connectivity index (χ2v) is 8.32. The number of aliphatic carboxylic acids is 1. The molecule has 32 heavy (non-hydrogen) atoms. The Kier molecular flexibility index (Phi) is 11.2. The van der Waals surface area contributed by atoms with Gasteiger partial charge in [0, 0.05) is 33.2 Å². The molecule has 4 N–H and O–H groups in total. The average Bonchev–Trinajstić information content (AvgIpc) is 2.80. The van der Waals surface area contributed by atoms with E-state index in [9.17, 15) is 24.3 Å². The van der Waals surface area contributed by atoms with Gasteiger partial charge in [0.1, 0.15) is 12.6 Å². The SMILES string of the molecule is COCCOC(=O)NC(CNC(=O)[C@@H]1CCCN(C(=O)CCC2CCNCC2)C1)C(=O)O. The zero-order valence-electron chi connectivity index (χ0n) is 18.8. The molecule has 0 bridgehead atoms. The largest absolute Gasteiger partial charge is 0.480 e. The lowest BCUT2D eigenvalue weighted by atomic mass is 9.92. The third kappa shape index (κ3) is 8.99. The first-order valence-electron chi connectivity index (χ1n) is 11.3. The molecule has 3 amide bonds. The highest BCUT2D eigenvalue weighted by atomic mass is 16.6. The molecule has 2 aliphatic rings. The first kappa shape index (κ1) is 25.9. The molecule has 2 saturated heterocycles. The smallest absolute Gasteiger partial charge is 0.407 e. The fourth-order valence-corrected chi connectivity index (χ4v) is 4.02. The second kappa shape index (κ2) is 13.9. The molecule has 0 radical (unpaired) electrons. The van der Waals surface area contributed by atoms with E-state index in [1.807, 2.05) is 0 Å². The number of likely N-dealkylation sites (tertiary alicyclic amines) is 1. The van der Waals surface area contributed by atoms with Crippen LogP contribution < -0.4 is 16.0 Å². The van der Waals surface area contributed by atoms with Gasteiger partial charge in [-0.15, -0.1) is 0 Å². The van der Waals surface area contributed by atoms with Gasteiger partial charge in [0.15, 0.2) is 0 Å². The summed E-state index contributed by atoms with van der Waals surface area (Å²) in [7, 11) is 1.45. The normalized spacial score (nSPS) is 20.3. The molecule has 2 atom stereocenters. The van der Waals surface area contributed by atoms with E-state index in [2.05, 4.69) is 16.0 Å². The Morgan fingerprint density at radius 3 is 2.59 bits per heavy atom. The number of hydrogen-bond donors (Lipinski definition) is 4. The average molecular weight is 457 g/mol. The van der Waals surface area contributed by atoms with Crippen molar-refractivity contribution >= 4 is 23.9 Å². The molecule has 182 valence electrons. The van der Waals surface area contributed by atoms with Gasteiger partial charge < -0.3 is 35.4 Å². The highest BCUT2D eigenvalue weighted by molar-refractivity contribution is 5.83. The Morgan fingerprint density at radius 1 is 1.16 bits per heavy atom. The maximum Gasteiger partial charge on any atom is 0.407 e. The highest BCUT2D eigenvalue weighted by Crippen LogP contribution is 2.21. The summed E-state index contributed by atoms with van der Waals surface area (Å²) in [6.45, 7) is 2.89. The van der Waals surface area contributed by atoms with Crippen LogP contribution in [0.1, 0.15) is 38.5 Å². The number of ether oxygens (including phenoxy) is 2. The van der Waals surface area contributed by atoms with Crippen LogP contribution in [0.3, 0.4) is 0 Å². The number of alkyl carbamates (subject to hydrolysis) is 1. The number of piperidine rings is 2. The fourth-order valence-electron chi connectivity index (χ4n) is 4.02. The lowest BCUT2D eigenvalue weighted by Crippen LogP contribution is -2.51. The quantitative estimate of drug-likeness (QED) is 0.317. The number of hydrogen-bond acceptors (Lipinski definition) is 7. The molecule has 0 aromatic rings. The Morgan fingerprint density at radius 2 is 1.91 bits per heavy atom. The Labute approximate surface area is 188 Å². The highest BCUT2D eigenvalue weighted by Gasteiger charge is 2.30. The number of nitrogens with one attached hydrogen (secondary N) is 3. The Balaban J connectivity index is 1.75. The van der Waals surface area contributed by atoms with E-state index in [4.69, 9.17) is 9.47 Å². The lowest BCUT2D eigenvalue weighted by Gasteiger charge is -2.33. The zero-order chi connectivity index (χ0) is 23.3. The standard InChI is InChI=1S/C21H36N4O7/c1-31-11-12-32-21(30)24-17(20(28)29)13-23-19(27)16-3-2-10-25(14-16)18(26)5-4-15-6-8-22-9-7-15/h15-17,22H,2-14H2,1H3,(H,23,27)(H,24,30)(H,28,29)/t16-,17?/m1/s1. The monoisotopic (exact) mass is 456 g/mol. The summed E-state index contributed by atoms with van der Waals surface area (Å²) in [5, 5.41) is 17.4. The first-order chi connectivity index (χ1) is 15.4. The van der Waals surface area contributed by atoms with Crippen molar-refractivity contribution in [3.63, 3.8) is 0 Å². The zero-order valence-corrected chi connectivity index (χ0v) is 18.8. The van der Waals surface area contributed by atoms with Crippen LogP contribution in [0, 0.1) is 11.8 Å². The van der Waals surface area contributed by atoms with E-state index in [1.54, 1.807) is 4.90 Å². The molecule has 2 fully saturated rings. The van der Waals surface area contributed by atoms with Crippen molar-refractivity contribution in [2.45, 2.75) is 44.6 Å². The molecule has 0 saturated carbocycles. The molecule has 0 aromatic carbocycles. The van der Waals surface area contributed by atoms with Gasteiger partial charge in [-0.25, -0.2) is 9.59 Å². The molecular weight excluding hydrogens is 420 g/mol. The van der Waals surface area contributed by atoms with Crippen molar-refractivity contribution < 1.29 is 33.8 Å². The third-order valence-electron chi connectivity index (χ3n) is 5.96. The third-order valence-corrected chi connectivity index (χ3v) is 5.96. The molecule has 0 aromatic heterocycles. The van der Waals surface area contributed by atoms with Gasteiger partial charge in [0.2, 0.25) is 11.8 Å². The molecular formula is C21H36N4O7. The molecule has 1 unspecified atom stereocenters. The second-order valence-electron chi connectivity index (χ2n) is 8.32. The lowest BCUT2D eigenvalue weighted by molar-refractivity contribution is -0.139. The van der Waals surface area contributed by atoms with E-state index >= 15 is 0 Å². The fraction of sp³-hybridized carbons (Fsp3) is 0.810. The van der Waals surface area contributed by atoms with Crippen molar-refractivity contribution in [1.82, 2.24) is 20.9 Å². The van der Waals surface area contributed by atoms with Crippen LogP contribution in [0.2, 0.25) is 0 Å². The first-order valence-corrected chi connectivity index (χ1v) is 11.3. The summed E-state index contributed by atoms with van der Waals surface area (Å²) in [5.74, 6) is -1.35. The van der Waals surface area contributed by atoms with Crippen LogP contribution in [0.4, 0.5) is 4.79 Å². The summed E-state index contributed by atoms with van der Waals surface area (Å²) in [6.07, 6.45) is 4.02. The predicted molar refractivity (Wildman–Crippen MR) is 115 cm³/mol. The van der Waals surface area contributed by atoms with Gasteiger partial charge in [-0.2, -0.15) is 0 Å². The maximum atomic E-state index is 12.6. The van der Waals surface area contributed by atoms with Crippen LogP contribution in [-0.2, 0) is 23.9 Å². The Hall–Kier alpha value is -2.40. The molecule has 2 heterocycles. The predicted octanol–water partition coefficient (Wildman–Crippen LogP) is -0.0532. The molecule has 11 heteroatoms. The molecule has 0 spiro atoms. The van der Waals surface area contributed by atoms with Gasteiger partial charge >= 0.3 is 12.1 Å². The number of carbonyl (C=O) groups excluding carboxylic acids is 3. The van der Waals surface area contributed by atoms with Crippen LogP contribution in [0.5, 0.6) is 0 Å². The van der Waals surface area contributed by atoms with Crippen LogP contribution in [0.25, 0.3) is 0 Å². The van der Waals surface area contributed by atoms with Gasteiger partial charge in [-0.3, -0.25) is 9.59 Å². The van der Waals surface area contributed by atoms with E-state index < -0.39 is 24.0 Å². The van der Waals surface area contributed by atoms with Crippen molar-refractivity contribution in [3.8, 4) is 0 Å². The summed E-state index contributed by atoms with van der Waals surface area (Å²) in [5.41, 5.74) is 0. The van der Waals surface area contributed by atoms with Crippen molar-refractivity contribution in [3.05, 3.63) is 0 Å². The van der Waals surface area contributed by atoms with E-state index in [-0.39, 0.29) is 31.6 Å². The van der Waals surface area contributed by atoms with Gasteiger partial charge in [0.25, 0.3) is 0 Å². The number of methoxy groups -OCH3 is 1. The van der Waals surface area contributed by atoms with E-state index in [0.717, 1.165) is 38.8 Å². The van der Waals surface area contributed by atoms with Crippen LogP contribution >= 0.6 is 0 Å². The maximum absolute atomic E-state index is 12.6. The van der Waals surface area contributed by atoms with Crippen LogP contribution in [0.15, 0.2) is 0 Å². The van der Waals surface area contributed by atoms with Gasteiger partial charge in [-0.1, -0.05) is 0 Å².